The highest BCUT2D eigenvalue weighted by molar-refractivity contribution is 5.94. The Morgan fingerprint density at radius 2 is 1.83 bits per heavy atom. The van der Waals surface area contributed by atoms with Gasteiger partial charge in [0.15, 0.2) is 5.70 Å². The molecule has 2 aromatic carbocycles. The summed E-state index contributed by atoms with van der Waals surface area (Å²) in [4.78, 5) is 14.4. The van der Waals surface area contributed by atoms with Crippen molar-refractivity contribution in [2.75, 3.05) is 26.8 Å². The summed E-state index contributed by atoms with van der Waals surface area (Å²) in [6, 6.07) is 15.9. The van der Waals surface area contributed by atoms with Crippen LogP contribution < -0.4 is 0 Å². The SMILES string of the molecule is CN1CC(C(c2ccccc2)c2ccc(F)cc2)N2/N=C\COC/C(O)=C\2C1=O. The summed E-state index contributed by atoms with van der Waals surface area (Å²) < 4.78 is 18.9. The number of fused-ring (bicyclic) bond motifs is 1. The Bertz CT molecular complexity index is 944. The standard InChI is InChI=1S/C22H22FN3O3/c1-25-13-18(26-21(22(25)28)19(27)14-29-12-11-24-26)20(15-5-3-2-4-6-15)16-7-9-17(23)10-8-16/h2-11,18,20,27H,12-14H2,1H3/b21-19+,24-11-. The molecule has 2 aliphatic rings. The van der Waals surface area contributed by atoms with E-state index < -0.39 is 0 Å². The summed E-state index contributed by atoms with van der Waals surface area (Å²) in [5, 5.41) is 16.6. The molecule has 0 aromatic heterocycles. The molecule has 0 saturated carbocycles. The number of nitrogens with zero attached hydrogens (tertiary/aromatic N) is 3. The van der Waals surface area contributed by atoms with Gasteiger partial charge in [0.05, 0.1) is 18.9 Å². The predicted molar refractivity (Wildman–Crippen MR) is 107 cm³/mol. The fraction of sp³-hybridized carbons (Fsp3) is 0.273. The van der Waals surface area contributed by atoms with Crippen molar-refractivity contribution in [2.24, 2.45) is 5.10 Å². The van der Waals surface area contributed by atoms with Gasteiger partial charge in [0.25, 0.3) is 5.91 Å². The number of hydrogen-bond donors (Lipinski definition) is 1. The van der Waals surface area contributed by atoms with Gasteiger partial charge in [0.2, 0.25) is 0 Å². The third-order valence-electron chi connectivity index (χ3n) is 5.24. The largest absolute Gasteiger partial charge is 0.507 e. The summed E-state index contributed by atoms with van der Waals surface area (Å²) in [7, 11) is 1.70. The van der Waals surface area contributed by atoms with E-state index in [0.717, 1.165) is 11.1 Å². The van der Waals surface area contributed by atoms with Crippen molar-refractivity contribution in [1.29, 1.82) is 0 Å². The summed E-state index contributed by atoms with van der Waals surface area (Å²) in [5.41, 5.74) is 2.03. The minimum atomic E-state index is -0.313. The van der Waals surface area contributed by atoms with Crippen molar-refractivity contribution in [3.63, 3.8) is 0 Å². The van der Waals surface area contributed by atoms with Crippen LogP contribution in [0.4, 0.5) is 4.39 Å². The molecule has 2 aromatic rings. The van der Waals surface area contributed by atoms with Crippen molar-refractivity contribution in [1.82, 2.24) is 9.91 Å². The van der Waals surface area contributed by atoms with E-state index in [1.54, 1.807) is 35.3 Å². The molecular weight excluding hydrogens is 373 g/mol. The van der Waals surface area contributed by atoms with Gasteiger partial charge in [-0.25, -0.2) is 4.39 Å². The van der Waals surface area contributed by atoms with Gasteiger partial charge in [0.1, 0.15) is 18.2 Å². The van der Waals surface area contributed by atoms with Crippen LogP contribution in [0.2, 0.25) is 0 Å². The lowest BCUT2D eigenvalue weighted by Crippen LogP contribution is -2.54. The van der Waals surface area contributed by atoms with E-state index >= 15 is 0 Å². The van der Waals surface area contributed by atoms with Gasteiger partial charge in [-0.3, -0.25) is 9.80 Å². The highest BCUT2D eigenvalue weighted by Crippen LogP contribution is 2.36. The van der Waals surface area contributed by atoms with Gasteiger partial charge in [-0.15, -0.1) is 0 Å². The molecule has 2 atom stereocenters. The maximum Gasteiger partial charge on any atom is 0.275 e. The number of rotatable bonds is 3. The summed E-state index contributed by atoms with van der Waals surface area (Å²) in [6.07, 6.45) is 1.59. The lowest BCUT2D eigenvalue weighted by Gasteiger charge is -2.43. The van der Waals surface area contributed by atoms with E-state index in [-0.39, 0.29) is 48.4 Å². The molecule has 7 heteroatoms. The van der Waals surface area contributed by atoms with Crippen LogP contribution in [0.25, 0.3) is 0 Å². The van der Waals surface area contributed by atoms with Crippen molar-refractivity contribution >= 4 is 12.1 Å². The lowest BCUT2D eigenvalue weighted by molar-refractivity contribution is -0.132. The van der Waals surface area contributed by atoms with Gasteiger partial charge < -0.3 is 14.7 Å². The van der Waals surface area contributed by atoms with Crippen molar-refractivity contribution in [2.45, 2.75) is 12.0 Å². The van der Waals surface area contributed by atoms with E-state index in [0.29, 0.717) is 6.54 Å². The van der Waals surface area contributed by atoms with E-state index in [4.69, 9.17) is 4.74 Å². The topological polar surface area (TPSA) is 65.4 Å². The molecule has 0 spiro atoms. The van der Waals surface area contributed by atoms with Crippen LogP contribution in [0.15, 0.2) is 71.2 Å². The molecular formula is C22H22FN3O3. The Balaban J connectivity index is 1.86. The number of aliphatic hydroxyl groups excluding tert-OH is 1. The number of hydrogen-bond acceptors (Lipinski definition) is 5. The molecule has 1 amide bonds. The summed E-state index contributed by atoms with van der Waals surface area (Å²) >= 11 is 0. The Morgan fingerprint density at radius 1 is 1.14 bits per heavy atom. The number of carbonyl (C=O) groups excluding carboxylic acids is 1. The Labute approximate surface area is 168 Å². The van der Waals surface area contributed by atoms with Crippen LogP contribution in [-0.2, 0) is 9.53 Å². The monoisotopic (exact) mass is 395 g/mol. The zero-order valence-corrected chi connectivity index (χ0v) is 16.0. The molecule has 4 rings (SSSR count). The van der Waals surface area contributed by atoms with Gasteiger partial charge in [0, 0.05) is 19.5 Å². The maximum atomic E-state index is 13.6. The Hall–Kier alpha value is -3.19. The fourth-order valence-electron chi connectivity index (χ4n) is 3.90. The molecule has 1 saturated heterocycles. The summed E-state index contributed by atoms with van der Waals surface area (Å²) in [5.74, 6) is -0.967. The first kappa shape index (κ1) is 19.1. The van der Waals surface area contributed by atoms with Crippen molar-refractivity contribution in [3.8, 4) is 0 Å². The molecule has 2 unspecified atom stereocenters. The third-order valence-corrected chi connectivity index (χ3v) is 5.24. The van der Waals surface area contributed by atoms with E-state index in [1.807, 2.05) is 30.3 Å². The molecule has 2 aliphatic heterocycles. The second-order valence-electron chi connectivity index (χ2n) is 7.15. The minimum absolute atomic E-state index is 0.0588. The number of ether oxygens (including phenoxy) is 1. The van der Waals surface area contributed by atoms with Gasteiger partial charge >= 0.3 is 0 Å². The molecule has 150 valence electrons. The Morgan fingerprint density at radius 3 is 2.55 bits per heavy atom. The molecule has 0 aliphatic carbocycles. The molecule has 2 heterocycles. The average Bonchev–Trinajstić information content (AvgIpc) is 2.71. The number of carbonyl (C=O) groups is 1. The molecule has 0 bridgehead atoms. The summed E-state index contributed by atoms with van der Waals surface area (Å²) in [6.45, 7) is 0.568. The highest BCUT2D eigenvalue weighted by atomic mass is 19.1. The number of likely N-dealkylation sites (N-methyl/N-ethyl adjacent to an activating group) is 1. The number of piperazine rings is 1. The van der Waals surface area contributed by atoms with E-state index in [1.165, 1.54) is 12.1 Å². The number of aliphatic hydroxyl groups is 1. The fourth-order valence-corrected chi connectivity index (χ4v) is 3.90. The maximum absolute atomic E-state index is 13.6. The van der Waals surface area contributed by atoms with Gasteiger partial charge in [-0.2, -0.15) is 5.10 Å². The average molecular weight is 395 g/mol. The first-order valence-corrected chi connectivity index (χ1v) is 9.43. The lowest BCUT2D eigenvalue weighted by atomic mass is 9.83. The molecule has 1 fully saturated rings. The number of hydrazone groups is 1. The predicted octanol–water partition coefficient (Wildman–Crippen LogP) is 2.89. The van der Waals surface area contributed by atoms with Crippen LogP contribution >= 0.6 is 0 Å². The molecule has 29 heavy (non-hydrogen) atoms. The zero-order valence-electron chi connectivity index (χ0n) is 16.0. The Kier molecular flexibility index (Phi) is 5.31. The van der Waals surface area contributed by atoms with Gasteiger partial charge in [-0.1, -0.05) is 42.5 Å². The number of benzene rings is 2. The quantitative estimate of drug-likeness (QED) is 0.868. The zero-order chi connectivity index (χ0) is 20.4. The van der Waals surface area contributed by atoms with Crippen LogP contribution in [0.5, 0.6) is 0 Å². The van der Waals surface area contributed by atoms with Crippen LogP contribution in [0, 0.1) is 5.82 Å². The van der Waals surface area contributed by atoms with E-state index in [9.17, 15) is 14.3 Å². The second-order valence-corrected chi connectivity index (χ2v) is 7.15. The second kappa shape index (κ2) is 8.05. The number of amides is 1. The minimum Gasteiger partial charge on any atom is -0.507 e. The van der Waals surface area contributed by atoms with Gasteiger partial charge in [-0.05, 0) is 23.3 Å². The normalized spacial score (nSPS) is 24.5. The van der Waals surface area contributed by atoms with Crippen molar-refractivity contribution < 1.29 is 19.0 Å². The number of halogens is 1. The van der Waals surface area contributed by atoms with E-state index in [2.05, 4.69) is 5.10 Å². The molecule has 1 N–H and O–H groups in total. The van der Waals surface area contributed by atoms with Crippen LogP contribution in [0.1, 0.15) is 17.0 Å². The highest BCUT2D eigenvalue weighted by Gasteiger charge is 2.42. The molecule has 0 radical (unpaired) electrons. The first-order valence-electron chi connectivity index (χ1n) is 9.43. The first-order chi connectivity index (χ1) is 14.1. The van der Waals surface area contributed by atoms with Crippen LogP contribution in [0.3, 0.4) is 0 Å². The van der Waals surface area contributed by atoms with Crippen molar-refractivity contribution in [3.05, 3.63) is 83.0 Å². The smallest absolute Gasteiger partial charge is 0.275 e. The molecule has 6 nitrogen and oxygen atoms in total. The third kappa shape index (κ3) is 3.73. The van der Waals surface area contributed by atoms with Crippen LogP contribution in [-0.4, -0.2) is 60.0 Å².